The highest BCUT2D eigenvalue weighted by atomic mass is 79.9. The zero-order valence-electron chi connectivity index (χ0n) is 9.91. The van der Waals surface area contributed by atoms with Gasteiger partial charge in [-0.15, -0.1) is 4.98 Å². The standard InChI is InChI=1S/C10H6BrClN4O4/c1-19-9-13-8(12)14-10(15-9)20-6-4-2-3-5(7(6)11)16(17)18/h2-4H,1H3. The third kappa shape index (κ3) is 3.11. The van der Waals surface area contributed by atoms with Crippen molar-refractivity contribution in [1.82, 2.24) is 15.0 Å². The SMILES string of the molecule is COc1nc(Cl)nc(Oc2cccc([N+](=O)[O-])c2Br)n1. The highest BCUT2D eigenvalue weighted by Crippen LogP contribution is 2.35. The van der Waals surface area contributed by atoms with Gasteiger partial charge in [0.15, 0.2) is 5.75 Å². The van der Waals surface area contributed by atoms with Crippen molar-refractivity contribution in [3.05, 3.63) is 38.1 Å². The molecule has 0 saturated carbocycles. The van der Waals surface area contributed by atoms with Crippen molar-refractivity contribution in [2.24, 2.45) is 0 Å². The first-order valence-electron chi connectivity index (χ1n) is 5.07. The minimum atomic E-state index is -0.544. The first-order chi connectivity index (χ1) is 9.51. The van der Waals surface area contributed by atoms with Crippen molar-refractivity contribution in [2.75, 3.05) is 7.11 Å². The molecule has 0 radical (unpaired) electrons. The van der Waals surface area contributed by atoms with E-state index in [1.165, 1.54) is 25.3 Å². The van der Waals surface area contributed by atoms with Gasteiger partial charge in [0, 0.05) is 6.07 Å². The Hall–Kier alpha value is -2.00. The van der Waals surface area contributed by atoms with E-state index >= 15 is 0 Å². The Kier molecular flexibility index (Phi) is 4.30. The largest absolute Gasteiger partial charge is 0.467 e. The monoisotopic (exact) mass is 360 g/mol. The van der Waals surface area contributed by atoms with E-state index < -0.39 is 4.92 Å². The Morgan fingerprint density at radius 2 is 2.00 bits per heavy atom. The second-order valence-electron chi connectivity index (χ2n) is 3.32. The minimum Gasteiger partial charge on any atom is -0.467 e. The number of benzene rings is 1. The Morgan fingerprint density at radius 1 is 1.30 bits per heavy atom. The lowest BCUT2D eigenvalue weighted by Gasteiger charge is -2.06. The van der Waals surface area contributed by atoms with Gasteiger partial charge in [0.25, 0.3) is 5.69 Å². The van der Waals surface area contributed by atoms with Crippen LogP contribution in [0, 0.1) is 10.1 Å². The molecule has 0 N–H and O–H groups in total. The fourth-order valence-corrected chi connectivity index (χ4v) is 1.90. The van der Waals surface area contributed by atoms with Crippen LogP contribution < -0.4 is 9.47 Å². The lowest BCUT2D eigenvalue weighted by molar-refractivity contribution is -0.385. The highest BCUT2D eigenvalue weighted by molar-refractivity contribution is 9.10. The Balaban J connectivity index is 2.37. The maximum absolute atomic E-state index is 10.8. The summed E-state index contributed by atoms with van der Waals surface area (Å²) in [5.41, 5.74) is -0.144. The number of ether oxygens (including phenoxy) is 2. The molecule has 0 aliphatic carbocycles. The molecule has 104 valence electrons. The van der Waals surface area contributed by atoms with Crippen molar-refractivity contribution < 1.29 is 14.4 Å². The van der Waals surface area contributed by atoms with Crippen LogP contribution in [-0.4, -0.2) is 27.0 Å². The van der Waals surface area contributed by atoms with Crippen LogP contribution in [0.15, 0.2) is 22.7 Å². The fraction of sp³-hybridized carbons (Fsp3) is 0.100. The number of nitro groups is 1. The maximum Gasteiger partial charge on any atom is 0.329 e. The van der Waals surface area contributed by atoms with Gasteiger partial charge in [-0.05, 0) is 33.6 Å². The molecule has 2 rings (SSSR count). The summed E-state index contributed by atoms with van der Waals surface area (Å²) in [5, 5.41) is 10.7. The van der Waals surface area contributed by atoms with Crippen molar-refractivity contribution in [3.8, 4) is 17.8 Å². The summed E-state index contributed by atoms with van der Waals surface area (Å²) in [6.07, 6.45) is 0. The Bertz CT molecular complexity index is 670. The molecule has 10 heteroatoms. The molecule has 0 amide bonds. The van der Waals surface area contributed by atoms with E-state index in [9.17, 15) is 10.1 Å². The Labute approximate surface area is 126 Å². The van der Waals surface area contributed by atoms with Crippen molar-refractivity contribution >= 4 is 33.2 Å². The molecule has 8 nitrogen and oxygen atoms in total. The molecular formula is C10H6BrClN4O4. The zero-order chi connectivity index (χ0) is 14.7. The lowest BCUT2D eigenvalue weighted by Crippen LogP contribution is -1.99. The highest BCUT2D eigenvalue weighted by Gasteiger charge is 2.17. The van der Waals surface area contributed by atoms with Gasteiger partial charge < -0.3 is 9.47 Å². The first kappa shape index (κ1) is 14.4. The van der Waals surface area contributed by atoms with Gasteiger partial charge in [0.1, 0.15) is 4.47 Å². The van der Waals surface area contributed by atoms with Crippen molar-refractivity contribution in [3.63, 3.8) is 0 Å². The quantitative estimate of drug-likeness (QED) is 0.609. The van der Waals surface area contributed by atoms with E-state index in [0.717, 1.165) is 0 Å². The lowest BCUT2D eigenvalue weighted by atomic mass is 10.3. The van der Waals surface area contributed by atoms with E-state index in [1.807, 2.05) is 0 Å². The summed E-state index contributed by atoms with van der Waals surface area (Å²) < 4.78 is 10.3. The van der Waals surface area contributed by atoms with Gasteiger partial charge in [-0.1, -0.05) is 6.07 Å². The zero-order valence-corrected chi connectivity index (χ0v) is 12.3. The summed E-state index contributed by atoms with van der Waals surface area (Å²) in [5.74, 6) is 0.170. The third-order valence-electron chi connectivity index (χ3n) is 2.09. The number of halogens is 2. The molecular weight excluding hydrogens is 355 g/mol. The number of nitrogens with zero attached hydrogens (tertiary/aromatic N) is 4. The van der Waals surface area contributed by atoms with Crippen molar-refractivity contribution in [2.45, 2.75) is 0 Å². The number of methoxy groups -OCH3 is 1. The molecule has 0 fully saturated rings. The first-order valence-corrected chi connectivity index (χ1v) is 6.24. The third-order valence-corrected chi connectivity index (χ3v) is 3.06. The predicted molar refractivity (Wildman–Crippen MR) is 72.3 cm³/mol. The van der Waals surface area contributed by atoms with Gasteiger partial charge in [-0.25, -0.2) is 0 Å². The molecule has 0 atom stereocenters. The average molecular weight is 362 g/mol. The molecule has 1 aromatic carbocycles. The molecule has 0 spiro atoms. The summed E-state index contributed by atoms with van der Waals surface area (Å²) in [6, 6.07) is 4.15. The molecule has 0 bridgehead atoms. The van der Waals surface area contributed by atoms with E-state index in [1.54, 1.807) is 0 Å². The second-order valence-corrected chi connectivity index (χ2v) is 4.45. The summed E-state index contributed by atoms with van der Waals surface area (Å²) in [6.45, 7) is 0. The van der Waals surface area contributed by atoms with Crippen LogP contribution in [0.2, 0.25) is 5.28 Å². The summed E-state index contributed by atoms with van der Waals surface area (Å²) in [4.78, 5) is 21.5. The van der Waals surface area contributed by atoms with E-state index in [0.29, 0.717) is 0 Å². The van der Waals surface area contributed by atoms with Gasteiger partial charge in [0.05, 0.1) is 12.0 Å². The van der Waals surface area contributed by atoms with Crippen LogP contribution >= 0.6 is 27.5 Å². The van der Waals surface area contributed by atoms with Gasteiger partial charge in [-0.3, -0.25) is 10.1 Å². The number of hydrogen-bond acceptors (Lipinski definition) is 7. The molecule has 0 aliphatic rings. The molecule has 0 saturated heterocycles. The molecule has 2 aromatic rings. The van der Waals surface area contributed by atoms with Crippen molar-refractivity contribution in [1.29, 1.82) is 0 Å². The summed E-state index contributed by atoms with van der Waals surface area (Å²) >= 11 is 8.77. The topological polar surface area (TPSA) is 100 Å². The van der Waals surface area contributed by atoms with Crippen LogP contribution in [-0.2, 0) is 0 Å². The van der Waals surface area contributed by atoms with Crippen LogP contribution in [0.1, 0.15) is 0 Å². The van der Waals surface area contributed by atoms with E-state index in [4.69, 9.17) is 21.1 Å². The number of rotatable bonds is 4. The number of hydrogen-bond donors (Lipinski definition) is 0. The summed E-state index contributed by atoms with van der Waals surface area (Å²) in [7, 11) is 1.36. The van der Waals surface area contributed by atoms with Crippen LogP contribution in [0.5, 0.6) is 17.8 Å². The molecule has 0 unspecified atom stereocenters. The predicted octanol–water partition coefficient (Wildman–Crippen LogP) is 3.00. The molecule has 0 aliphatic heterocycles. The van der Waals surface area contributed by atoms with Gasteiger partial charge in [-0.2, -0.15) is 9.97 Å². The molecule has 1 aromatic heterocycles. The van der Waals surface area contributed by atoms with Crippen LogP contribution in [0.3, 0.4) is 0 Å². The minimum absolute atomic E-state index is 0.0263. The second kappa shape index (κ2) is 5.97. The number of nitro benzene ring substituents is 1. The fourth-order valence-electron chi connectivity index (χ4n) is 1.27. The number of aromatic nitrogens is 3. The van der Waals surface area contributed by atoms with E-state index in [-0.39, 0.29) is 33.2 Å². The van der Waals surface area contributed by atoms with Crippen LogP contribution in [0.25, 0.3) is 0 Å². The van der Waals surface area contributed by atoms with Gasteiger partial charge >= 0.3 is 12.0 Å². The molecule has 1 heterocycles. The smallest absolute Gasteiger partial charge is 0.329 e. The molecule has 20 heavy (non-hydrogen) atoms. The normalized spacial score (nSPS) is 10.2. The van der Waals surface area contributed by atoms with Gasteiger partial charge in [0.2, 0.25) is 5.28 Å². The Morgan fingerprint density at radius 3 is 2.65 bits per heavy atom. The maximum atomic E-state index is 10.8. The average Bonchev–Trinajstić information content (AvgIpc) is 2.40. The van der Waals surface area contributed by atoms with Crippen LogP contribution in [0.4, 0.5) is 5.69 Å². The van der Waals surface area contributed by atoms with E-state index in [2.05, 4.69) is 30.9 Å².